The molecule has 0 saturated carbocycles. The van der Waals surface area contributed by atoms with E-state index in [1.165, 1.54) is 11.3 Å². The number of benzene rings is 2. The van der Waals surface area contributed by atoms with Crippen LogP contribution in [0, 0.1) is 0 Å². The lowest BCUT2D eigenvalue weighted by Gasteiger charge is -2.36. The van der Waals surface area contributed by atoms with Crippen molar-refractivity contribution in [1.29, 1.82) is 0 Å². The predicted octanol–water partition coefficient (Wildman–Crippen LogP) is 3.27. The van der Waals surface area contributed by atoms with E-state index in [2.05, 4.69) is 45.2 Å². The average molecular weight is 393 g/mol. The molecule has 2 aromatic carbocycles. The summed E-state index contributed by atoms with van der Waals surface area (Å²) in [4.78, 5) is 4.91. The van der Waals surface area contributed by atoms with Gasteiger partial charge in [0.15, 0.2) is 0 Å². The van der Waals surface area contributed by atoms with Crippen LogP contribution in [0.25, 0.3) is 0 Å². The van der Waals surface area contributed by atoms with Gasteiger partial charge in [-0.05, 0) is 35.9 Å². The fourth-order valence-corrected chi connectivity index (χ4v) is 3.92. The topological polar surface area (TPSA) is 42.8 Å². The summed E-state index contributed by atoms with van der Waals surface area (Å²) in [6, 6.07) is 16.7. The summed E-state index contributed by atoms with van der Waals surface area (Å²) in [5.41, 5.74) is 3.64. The third kappa shape index (κ3) is 4.54. The van der Waals surface area contributed by atoms with Gasteiger partial charge in [0, 0.05) is 50.7 Å². The first-order valence-corrected chi connectivity index (χ1v) is 10.0. The lowest BCUT2D eigenvalue weighted by Crippen LogP contribution is -2.46. The number of hydrogen-bond donors (Lipinski definition) is 0. The molecule has 1 aromatic heterocycles. The fraction of sp³-hybridized carbons (Fsp3) is 0.348. The Morgan fingerprint density at radius 3 is 2.38 bits per heavy atom. The second-order valence-electron chi connectivity index (χ2n) is 7.28. The maximum absolute atomic E-state index is 5.55. The van der Waals surface area contributed by atoms with Crippen LogP contribution in [0.4, 0.5) is 5.69 Å². The minimum Gasteiger partial charge on any atom is -0.496 e. The molecular formula is C23H28N4O2. The van der Waals surface area contributed by atoms with Crippen molar-refractivity contribution >= 4 is 5.69 Å². The van der Waals surface area contributed by atoms with Crippen LogP contribution in [-0.2, 0) is 13.1 Å². The normalized spacial score (nSPS) is 14.8. The van der Waals surface area contributed by atoms with E-state index in [1.807, 2.05) is 29.1 Å². The molecule has 3 aromatic rings. The predicted molar refractivity (Wildman–Crippen MR) is 115 cm³/mol. The lowest BCUT2D eigenvalue weighted by molar-refractivity contribution is 0.249. The molecule has 6 heteroatoms. The maximum Gasteiger partial charge on any atom is 0.142 e. The zero-order valence-corrected chi connectivity index (χ0v) is 17.1. The number of para-hydroxylation sites is 2. The molecule has 1 aliphatic rings. The van der Waals surface area contributed by atoms with Crippen molar-refractivity contribution in [2.45, 2.75) is 13.1 Å². The molecule has 1 aliphatic heterocycles. The van der Waals surface area contributed by atoms with Gasteiger partial charge >= 0.3 is 0 Å². The zero-order chi connectivity index (χ0) is 20.1. The Morgan fingerprint density at radius 1 is 0.862 bits per heavy atom. The zero-order valence-electron chi connectivity index (χ0n) is 17.1. The molecule has 0 N–H and O–H groups in total. The van der Waals surface area contributed by atoms with Gasteiger partial charge < -0.3 is 14.4 Å². The Labute approximate surface area is 172 Å². The van der Waals surface area contributed by atoms with Gasteiger partial charge in [-0.3, -0.25) is 9.58 Å². The Hall–Kier alpha value is -2.99. The van der Waals surface area contributed by atoms with E-state index in [4.69, 9.17) is 9.47 Å². The van der Waals surface area contributed by atoms with Crippen LogP contribution < -0.4 is 14.4 Å². The summed E-state index contributed by atoms with van der Waals surface area (Å²) in [5.74, 6) is 1.85. The van der Waals surface area contributed by atoms with Gasteiger partial charge in [0.2, 0.25) is 0 Å². The molecule has 1 fully saturated rings. The minimum absolute atomic E-state index is 0.714. The van der Waals surface area contributed by atoms with Crippen LogP contribution in [0.3, 0.4) is 0 Å². The fourth-order valence-electron chi connectivity index (χ4n) is 3.92. The molecule has 0 radical (unpaired) electrons. The number of rotatable bonds is 7. The van der Waals surface area contributed by atoms with E-state index in [9.17, 15) is 0 Å². The SMILES string of the molecule is COc1ccc(CN2CCN(c3ccccc3OC)CC2)cc1Cn1cccn1. The van der Waals surface area contributed by atoms with Crippen molar-refractivity contribution < 1.29 is 9.47 Å². The first kappa shape index (κ1) is 19.3. The number of hydrogen-bond acceptors (Lipinski definition) is 5. The molecule has 0 spiro atoms. The smallest absolute Gasteiger partial charge is 0.142 e. The molecule has 0 atom stereocenters. The second-order valence-corrected chi connectivity index (χ2v) is 7.28. The van der Waals surface area contributed by atoms with E-state index in [0.717, 1.165) is 49.8 Å². The molecule has 1 saturated heterocycles. The van der Waals surface area contributed by atoms with Crippen molar-refractivity contribution in [2.75, 3.05) is 45.3 Å². The Balaban J connectivity index is 1.40. The van der Waals surface area contributed by atoms with E-state index in [0.29, 0.717) is 6.54 Å². The Kier molecular flexibility index (Phi) is 6.00. The summed E-state index contributed by atoms with van der Waals surface area (Å²) in [7, 11) is 3.46. The van der Waals surface area contributed by atoms with Crippen LogP contribution in [0.15, 0.2) is 60.9 Å². The summed E-state index contributed by atoms with van der Waals surface area (Å²) >= 11 is 0. The second kappa shape index (κ2) is 9.01. The van der Waals surface area contributed by atoms with E-state index in [-0.39, 0.29) is 0 Å². The quantitative estimate of drug-likeness (QED) is 0.617. The summed E-state index contributed by atoms with van der Waals surface area (Å²) in [6.07, 6.45) is 3.78. The Morgan fingerprint density at radius 2 is 1.66 bits per heavy atom. The van der Waals surface area contributed by atoms with Gasteiger partial charge in [-0.15, -0.1) is 0 Å². The highest BCUT2D eigenvalue weighted by atomic mass is 16.5. The van der Waals surface area contributed by atoms with Gasteiger partial charge in [0.1, 0.15) is 11.5 Å². The molecule has 0 bridgehead atoms. The average Bonchev–Trinajstić information content (AvgIpc) is 3.28. The molecule has 152 valence electrons. The molecule has 0 amide bonds. The molecule has 0 aliphatic carbocycles. The van der Waals surface area contributed by atoms with Crippen molar-refractivity contribution in [3.8, 4) is 11.5 Å². The lowest BCUT2D eigenvalue weighted by atomic mass is 10.1. The first-order chi connectivity index (χ1) is 14.3. The van der Waals surface area contributed by atoms with E-state index < -0.39 is 0 Å². The van der Waals surface area contributed by atoms with Crippen LogP contribution in [0.5, 0.6) is 11.5 Å². The van der Waals surface area contributed by atoms with Crippen molar-refractivity contribution in [3.05, 3.63) is 72.1 Å². The van der Waals surface area contributed by atoms with Crippen LogP contribution in [-0.4, -0.2) is 55.1 Å². The summed E-state index contributed by atoms with van der Waals surface area (Å²) in [6.45, 7) is 5.70. The highest BCUT2D eigenvalue weighted by Gasteiger charge is 2.20. The van der Waals surface area contributed by atoms with Crippen molar-refractivity contribution in [2.24, 2.45) is 0 Å². The van der Waals surface area contributed by atoms with Gasteiger partial charge in [-0.2, -0.15) is 5.10 Å². The number of aromatic nitrogens is 2. The molecule has 2 heterocycles. The van der Waals surface area contributed by atoms with Gasteiger partial charge in [-0.25, -0.2) is 0 Å². The number of anilines is 1. The third-order valence-electron chi connectivity index (χ3n) is 5.44. The third-order valence-corrected chi connectivity index (χ3v) is 5.44. The standard InChI is InChI=1S/C23H28N4O2/c1-28-22-9-8-19(16-20(22)18-27-11-5-10-24-27)17-25-12-14-26(15-13-25)21-6-3-4-7-23(21)29-2/h3-11,16H,12-15,17-18H2,1-2H3. The largest absolute Gasteiger partial charge is 0.496 e. The maximum atomic E-state index is 5.55. The van der Waals surface area contributed by atoms with Crippen molar-refractivity contribution in [3.63, 3.8) is 0 Å². The highest BCUT2D eigenvalue weighted by Crippen LogP contribution is 2.29. The van der Waals surface area contributed by atoms with Crippen LogP contribution in [0.1, 0.15) is 11.1 Å². The summed E-state index contributed by atoms with van der Waals surface area (Å²) < 4.78 is 13.0. The molecule has 4 rings (SSSR count). The molecule has 6 nitrogen and oxygen atoms in total. The Bertz CT molecular complexity index is 918. The molecular weight excluding hydrogens is 364 g/mol. The number of piperazine rings is 1. The number of ether oxygens (including phenoxy) is 2. The number of nitrogens with zero attached hydrogens (tertiary/aromatic N) is 4. The van der Waals surface area contributed by atoms with Gasteiger partial charge in [0.05, 0.1) is 26.5 Å². The highest BCUT2D eigenvalue weighted by molar-refractivity contribution is 5.58. The minimum atomic E-state index is 0.714. The van der Waals surface area contributed by atoms with Crippen LogP contribution in [0.2, 0.25) is 0 Å². The van der Waals surface area contributed by atoms with Gasteiger partial charge in [0.25, 0.3) is 0 Å². The molecule has 29 heavy (non-hydrogen) atoms. The van der Waals surface area contributed by atoms with E-state index in [1.54, 1.807) is 20.4 Å². The van der Waals surface area contributed by atoms with Crippen molar-refractivity contribution in [1.82, 2.24) is 14.7 Å². The summed E-state index contributed by atoms with van der Waals surface area (Å²) in [5, 5.41) is 4.32. The number of methoxy groups -OCH3 is 2. The van der Waals surface area contributed by atoms with Crippen LogP contribution >= 0.6 is 0 Å². The first-order valence-electron chi connectivity index (χ1n) is 10.0. The monoisotopic (exact) mass is 392 g/mol. The molecule has 0 unspecified atom stereocenters. The van der Waals surface area contributed by atoms with E-state index >= 15 is 0 Å². The van der Waals surface area contributed by atoms with Gasteiger partial charge in [-0.1, -0.05) is 18.2 Å².